The Morgan fingerprint density at radius 2 is 1.53 bits per heavy atom. The molecule has 0 saturated carbocycles. The van der Waals surface area contributed by atoms with Gasteiger partial charge in [-0.1, -0.05) is 51.5 Å². The highest BCUT2D eigenvalue weighted by molar-refractivity contribution is 6.22. The molecule has 0 aliphatic heterocycles. The first-order valence-electron chi connectivity index (χ1n) is 5.80. The Labute approximate surface area is 96.7 Å². The molecule has 0 saturated heterocycles. The number of halogens is 3. The summed E-state index contributed by atoms with van der Waals surface area (Å²) in [6.07, 6.45) is 11.4. The smallest absolute Gasteiger partial charge is 0.184 e. The van der Waals surface area contributed by atoms with Gasteiger partial charge in [-0.3, -0.25) is 0 Å². The SMILES string of the molecule is CCCCCCCCCC=CC(F)(F)Cl. The quantitative estimate of drug-likeness (QED) is 0.282. The predicted molar refractivity (Wildman–Crippen MR) is 62.6 cm³/mol. The van der Waals surface area contributed by atoms with Gasteiger partial charge in [0.25, 0.3) is 0 Å². The lowest BCUT2D eigenvalue weighted by atomic mass is 10.1. The zero-order valence-electron chi connectivity index (χ0n) is 9.45. The Bertz CT molecular complexity index is 161. The molecule has 0 aromatic rings. The van der Waals surface area contributed by atoms with E-state index in [-0.39, 0.29) is 0 Å². The molecule has 0 rings (SSSR count). The van der Waals surface area contributed by atoms with Gasteiger partial charge in [0.2, 0.25) is 0 Å². The maximum atomic E-state index is 12.1. The molecule has 0 unspecified atom stereocenters. The molecule has 90 valence electrons. The fourth-order valence-corrected chi connectivity index (χ4v) is 1.53. The van der Waals surface area contributed by atoms with Crippen LogP contribution in [0.4, 0.5) is 8.78 Å². The highest BCUT2D eigenvalue weighted by atomic mass is 35.5. The average Bonchev–Trinajstić information content (AvgIpc) is 2.14. The van der Waals surface area contributed by atoms with Crippen LogP contribution in [0.3, 0.4) is 0 Å². The predicted octanol–water partition coefficient (Wildman–Crippen LogP) is 5.51. The largest absolute Gasteiger partial charge is 0.341 e. The second-order valence-electron chi connectivity index (χ2n) is 3.85. The molecule has 3 heteroatoms. The first-order valence-corrected chi connectivity index (χ1v) is 6.18. The van der Waals surface area contributed by atoms with E-state index in [9.17, 15) is 8.78 Å². The summed E-state index contributed by atoms with van der Waals surface area (Å²) in [5.41, 5.74) is 0. The Balaban J connectivity index is 3.15. The molecule has 0 atom stereocenters. The Hall–Kier alpha value is -0.110. The monoisotopic (exact) mass is 238 g/mol. The van der Waals surface area contributed by atoms with Crippen molar-refractivity contribution in [2.45, 2.75) is 63.7 Å². The number of rotatable bonds is 9. The lowest BCUT2D eigenvalue weighted by Gasteiger charge is -2.00. The van der Waals surface area contributed by atoms with Crippen LogP contribution in [0.15, 0.2) is 12.2 Å². The molecule has 0 aromatic heterocycles. The zero-order chi connectivity index (χ0) is 11.6. The van der Waals surface area contributed by atoms with Crippen molar-refractivity contribution in [2.75, 3.05) is 0 Å². The van der Waals surface area contributed by atoms with E-state index in [0.717, 1.165) is 18.9 Å². The minimum atomic E-state index is -3.17. The van der Waals surface area contributed by atoms with Crippen LogP contribution in [-0.4, -0.2) is 5.38 Å². The Kier molecular flexibility index (Phi) is 9.07. The first-order chi connectivity index (χ1) is 7.06. The molecule has 15 heavy (non-hydrogen) atoms. The topological polar surface area (TPSA) is 0 Å². The van der Waals surface area contributed by atoms with E-state index in [0.29, 0.717) is 6.42 Å². The second kappa shape index (κ2) is 9.14. The first kappa shape index (κ1) is 14.9. The summed E-state index contributed by atoms with van der Waals surface area (Å²) in [5.74, 6) is 0. The lowest BCUT2D eigenvalue weighted by Crippen LogP contribution is -1.98. The van der Waals surface area contributed by atoms with Crippen molar-refractivity contribution in [3.05, 3.63) is 12.2 Å². The van der Waals surface area contributed by atoms with E-state index in [1.807, 2.05) is 0 Å². The summed E-state index contributed by atoms with van der Waals surface area (Å²) < 4.78 is 24.2. The van der Waals surface area contributed by atoms with Gasteiger partial charge in [0.1, 0.15) is 0 Å². The summed E-state index contributed by atoms with van der Waals surface area (Å²) in [6, 6.07) is 0. The van der Waals surface area contributed by atoms with E-state index in [1.54, 1.807) is 0 Å². The van der Waals surface area contributed by atoms with Crippen LogP contribution in [0.5, 0.6) is 0 Å². The van der Waals surface area contributed by atoms with Gasteiger partial charge in [0, 0.05) is 0 Å². The van der Waals surface area contributed by atoms with Crippen LogP contribution in [0.1, 0.15) is 58.3 Å². The molecule has 0 aliphatic rings. The number of hydrogen-bond acceptors (Lipinski definition) is 0. The van der Waals surface area contributed by atoms with Crippen LogP contribution in [0.25, 0.3) is 0 Å². The molecule has 0 radical (unpaired) electrons. The van der Waals surface area contributed by atoms with Crippen molar-refractivity contribution < 1.29 is 8.78 Å². The Morgan fingerprint density at radius 3 is 2.07 bits per heavy atom. The standard InChI is InChI=1S/C12H21ClF2/c1-2-3-4-5-6-7-8-9-10-11-12(13,14)15/h10-11H,2-9H2,1H3. The number of alkyl halides is 3. The third kappa shape index (κ3) is 13.9. The van der Waals surface area contributed by atoms with Crippen molar-refractivity contribution in [3.8, 4) is 0 Å². The van der Waals surface area contributed by atoms with E-state index >= 15 is 0 Å². The number of allylic oxidation sites excluding steroid dienone is 2. The van der Waals surface area contributed by atoms with Crippen LogP contribution >= 0.6 is 11.6 Å². The third-order valence-corrected chi connectivity index (χ3v) is 2.41. The van der Waals surface area contributed by atoms with Gasteiger partial charge in [0.05, 0.1) is 0 Å². The van der Waals surface area contributed by atoms with Crippen LogP contribution in [0.2, 0.25) is 0 Å². The zero-order valence-corrected chi connectivity index (χ0v) is 10.2. The molecule has 0 aromatic carbocycles. The fraction of sp³-hybridized carbons (Fsp3) is 0.833. The molecule has 0 N–H and O–H groups in total. The van der Waals surface area contributed by atoms with Gasteiger partial charge in [0.15, 0.2) is 0 Å². The maximum absolute atomic E-state index is 12.1. The molecular weight excluding hydrogens is 218 g/mol. The Morgan fingerprint density at radius 1 is 1.00 bits per heavy atom. The molecule has 0 spiro atoms. The molecule has 0 bridgehead atoms. The van der Waals surface area contributed by atoms with Gasteiger partial charge in [-0.2, -0.15) is 8.78 Å². The highest BCUT2D eigenvalue weighted by Gasteiger charge is 2.18. The van der Waals surface area contributed by atoms with Crippen molar-refractivity contribution >= 4 is 11.6 Å². The van der Waals surface area contributed by atoms with E-state index in [2.05, 4.69) is 6.92 Å². The minimum absolute atomic E-state index is 0.704. The van der Waals surface area contributed by atoms with Gasteiger partial charge >= 0.3 is 5.38 Å². The van der Waals surface area contributed by atoms with Gasteiger partial charge in [-0.15, -0.1) is 0 Å². The van der Waals surface area contributed by atoms with Crippen molar-refractivity contribution in [1.82, 2.24) is 0 Å². The molecule has 0 heterocycles. The summed E-state index contributed by atoms with van der Waals surface area (Å²) in [5, 5.41) is -3.17. The maximum Gasteiger partial charge on any atom is 0.341 e. The number of hydrogen-bond donors (Lipinski definition) is 0. The molecule has 0 nitrogen and oxygen atoms in total. The number of unbranched alkanes of at least 4 members (excludes halogenated alkanes) is 7. The summed E-state index contributed by atoms with van der Waals surface area (Å²) >= 11 is 4.71. The van der Waals surface area contributed by atoms with Gasteiger partial charge in [-0.25, -0.2) is 0 Å². The molecular formula is C12H21ClF2. The van der Waals surface area contributed by atoms with Crippen molar-refractivity contribution in [2.24, 2.45) is 0 Å². The van der Waals surface area contributed by atoms with Crippen LogP contribution < -0.4 is 0 Å². The summed E-state index contributed by atoms with van der Waals surface area (Å²) in [6.45, 7) is 2.19. The van der Waals surface area contributed by atoms with Gasteiger partial charge in [-0.05, 0) is 30.5 Å². The molecule has 0 aliphatic carbocycles. The van der Waals surface area contributed by atoms with E-state index in [4.69, 9.17) is 11.6 Å². The van der Waals surface area contributed by atoms with E-state index < -0.39 is 5.38 Å². The molecule has 0 fully saturated rings. The highest BCUT2D eigenvalue weighted by Crippen LogP contribution is 2.20. The van der Waals surface area contributed by atoms with Gasteiger partial charge < -0.3 is 0 Å². The normalized spacial score (nSPS) is 12.5. The van der Waals surface area contributed by atoms with Crippen molar-refractivity contribution in [1.29, 1.82) is 0 Å². The van der Waals surface area contributed by atoms with Crippen LogP contribution in [0, 0.1) is 0 Å². The van der Waals surface area contributed by atoms with Crippen molar-refractivity contribution in [3.63, 3.8) is 0 Å². The molecule has 0 amide bonds. The summed E-state index contributed by atoms with van der Waals surface area (Å²) in [7, 11) is 0. The van der Waals surface area contributed by atoms with Crippen LogP contribution in [-0.2, 0) is 0 Å². The summed E-state index contributed by atoms with van der Waals surface area (Å²) in [4.78, 5) is 0. The lowest BCUT2D eigenvalue weighted by molar-refractivity contribution is 0.152. The average molecular weight is 239 g/mol. The minimum Gasteiger partial charge on any atom is -0.184 e. The second-order valence-corrected chi connectivity index (χ2v) is 4.36. The van der Waals surface area contributed by atoms with E-state index in [1.165, 1.54) is 38.2 Å². The third-order valence-electron chi connectivity index (χ3n) is 2.28. The fourth-order valence-electron chi connectivity index (χ4n) is 1.44.